The molecule has 3 nitrogen and oxygen atoms in total. The third-order valence-corrected chi connectivity index (χ3v) is 3.19. The summed E-state index contributed by atoms with van der Waals surface area (Å²) in [5, 5.41) is 0. The molecule has 2 N–H and O–H groups in total. The molecule has 0 saturated heterocycles. The maximum Gasteiger partial charge on any atom is 0.248 e. The lowest BCUT2D eigenvalue weighted by Gasteiger charge is -2.11. The quantitative estimate of drug-likeness (QED) is 0.913. The lowest BCUT2D eigenvalue weighted by molar-refractivity contribution is 0.1000. The summed E-state index contributed by atoms with van der Waals surface area (Å²) in [5.41, 5.74) is 9.07. The summed E-state index contributed by atoms with van der Waals surface area (Å²) in [6, 6.07) is 13.1. The summed E-state index contributed by atoms with van der Waals surface area (Å²) in [4.78, 5) is 11.0. The zero-order valence-corrected chi connectivity index (χ0v) is 11.1. The van der Waals surface area contributed by atoms with Crippen LogP contribution in [0.15, 0.2) is 42.5 Å². The van der Waals surface area contributed by atoms with Gasteiger partial charge in [-0.05, 0) is 48.7 Å². The first-order valence-electron chi connectivity index (χ1n) is 6.15. The molecule has 0 bridgehead atoms. The number of carbonyl (C=O) groups excluding carboxylic acids is 1. The van der Waals surface area contributed by atoms with Gasteiger partial charge >= 0.3 is 0 Å². The molecule has 2 aromatic carbocycles. The Kier molecular flexibility index (Phi) is 3.85. The smallest absolute Gasteiger partial charge is 0.248 e. The predicted molar refractivity (Wildman–Crippen MR) is 75.2 cm³/mol. The summed E-state index contributed by atoms with van der Waals surface area (Å²) in [7, 11) is 0. The third kappa shape index (κ3) is 3.13. The van der Waals surface area contributed by atoms with Crippen molar-refractivity contribution in [3.63, 3.8) is 0 Å². The average Bonchev–Trinajstić information content (AvgIpc) is 2.41. The fourth-order valence-electron chi connectivity index (χ4n) is 1.81. The Morgan fingerprint density at radius 2 is 1.79 bits per heavy atom. The van der Waals surface area contributed by atoms with Crippen LogP contribution < -0.4 is 10.5 Å². The Hall–Kier alpha value is -2.29. The number of hydrogen-bond donors (Lipinski definition) is 1. The maximum absolute atomic E-state index is 11.0. The van der Waals surface area contributed by atoms with E-state index >= 15 is 0 Å². The van der Waals surface area contributed by atoms with E-state index in [0.29, 0.717) is 12.2 Å². The summed E-state index contributed by atoms with van der Waals surface area (Å²) in [6.07, 6.45) is 0. The highest BCUT2D eigenvalue weighted by Crippen LogP contribution is 2.21. The highest BCUT2D eigenvalue weighted by molar-refractivity contribution is 5.92. The summed E-state index contributed by atoms with van der Waals surface area (Å²) in [5.74, 6) is 0.473. The van der Waals surface area contributed by atoms with Crippen LogP contribution in [0.2, 0.25) is 0 Å². The molecule has 0 radical (unpaired) electrons. The van der Waals surface area contributed by atoms with Crippen molar-refractivity contribution in [2.45, 2.75) is 20.5 Å². The molecule has 2 aromatic rings. The highest BCUT2D eigenvalue weighted by Gasteiger charge is 2.03. The predicted octanol–water partition coefficient (Wildman–Crippen LogP) is 2.98. The van der Waals surface area contributed by atoms with Gasteiger partial charge in [-0.25, -0.2) is 0 Å². The fourth-order valence-corrected chi connectivity index (χ4v) is 1.81. The van der Waals surface area contributed by atoms with Gasteiger partial charge in [0.25, 0.3) is 0 Å². The number of rotatable bonds is 4. The molecule has 2 rings (SSSR count). The molecule has 1 amide bonds. The molecule has 0 unspecified atom stereocenters. The minimum absolute atomic E-state index is 0.415. The van der Waals surface area contributed by atoms with Crippen LogP contribution in [0.5, 0.6) is 5.75 Å². The van der Waals surface area contributed by atoms with Crippen molar-refractivity contribution in [1.29, 1.82) is 0 Å². The average molecular weight is 255 g/mol. The first-order valence-corrected chi connectivity index (χ1v) is 6.15. The van der Waals surface area contributed by atoms with Gasteiger partial charge in [0.05, 0.1) is 0 Å². The number of aryl methyl sites for hydroxylation is 1. The first-order chi connectivity index (χ1) is 9.08. The van der Waals surface area contributed by atoms with E-state index in [1.807, 2.05) is 31.2 Å². The third-order valence-electron chi connectivity index (χ3n) is 3.19. The van der Waals surface area contributed by atoms with Crippen LogP contribution in [0.4, 0.5) is 0 Å². The van der Waals surface area contributed by atoms with Crippen LogP contribution in [0, 0.1) is 13.8 Å². The number of hydrogen-bond acceptors (Lipinski definition) is 2. The molecule has 0 aliphatic carbocycles. The normalized spacial score (nSPS) is 10.2. The van der Waals surface area contributed by atoms with Gasteiger partial charge in [0, 0.05) is 5.56 Å². The van der Waals surface area contributed by atoms with E-state index < -0.39 is 5.91 Å². The molecule has 98 valence electrons. The molecule has 0 fully saturated rings. The molecule has 0 aliphatic heterocycles. The molecule has 0 aliphatic rings. The van der Waals surface area contributed by atoms with E-state index in [1.54, 1.807) is 12.1 Å². The highest BCUT2D eigenvalue weighted by atomic mass is 16.5. The second-order valence-corrected chi connectivity index (χ2v) is 4.55. The molecule has 0 atom stereocenters. The minimum atomic E-state index is -0.415. The van der Waals surface area contributed by atoms with Crippen molar-refractivity contribution >= 4 is 5.91 Å². The van der Waals surface area contributed by atoms with E-state index in [4.69, 9.17) is 10.5 Å². The summed E-state index contributed by atoms with van der Waals surface area (Å²) in [6.45, 7) is 4.58. The van der Waals surface area contributed by atoms with Crippen molar-refractivity contribution in [1.82, 2.24) is 0 Å². The van der Waals surface area contributed by atoms with Crippen LogP contribution in [0.3, 0.4) is 0 Å². The zero-order valence-electron chi connectivity index (χ0n) is 11.1. The number of amides is 1. The maximum atomic E-state index is 11.0. The SMILES string of the molecule is Cc1cccc(OCc2ccc(C(N)=O)cc2)c1C. The Bertz CT molecular complexity index is 588. The minimum Gasteiger partial charge on any atom is -0.489 e. The van der Waals surface area contributed by atoms with Gasteiger partial charge in [-0.1, -0.05) is 24.3 Å². The standard InChI is InChI=1S/C16H17NO2/c1-11-4-3-5-15(12(11)2)19-10-13-6-8-14(9-7-13)16(17)18/h3-9H,10H2,1-2H3,(H2,17,18). The van der Waals surface area contributed by atoms with Gasteiger partial charge < -0.3 is 10.5 Å². The van der Waals surface area contributed by atoms with Crippen LogP contribution in [0.1, 0.15) is 27.0 Å². The number of carbonyl (C=O) groups is 1. The van der Waals surface area contributed by atoms with E-state index in [-0.39, 0.29) is 0 Å². The monoisotopic (exact) mass is 255 g/mol. The van der Waals surface area contributed by atoms with Gasteiger partial charge in [-0.15, -0.1) is 0 Å². The van der Waals surface area contributed by atoms with Gasteiger partial charge in [0.1, 0.15) is 12.4 Å². The Morgan fingerprint density at radius 3 is 2.42 bits per heavy atom. The van der Waals surface area contributed by atoms with Crippen molar-refractivity contribution in [2.75, 3.05) is 0 Å². The molecule has 3 heteroatoms. The Morgan fingerprint density at radius 1 is 1.11 bits per heavy atom. The van der Waals surface area contributed by atoms with Crippen LogP contribution >= 0.6 is 0 Å². The summed E-state index contributed by atoms with van der Waals surface area (Å²) >= 11 is 0. The fraction of sp³-hybridized carbons (Fsp3) is 0.188. The largest absolute Gasteiger partial charge is 0.489 e. The lowest BCUT2D eigenvalue weighted by Crippen LogP contribution is -2.10. The van der Waals surface area contributed by atoms with Crippen LogP contribution in [-0.4, -0.2) is 5.91 Å². The molecular weight excluding hydrogens is 238 g/mol. The Labute approximate surface area is 113 Å². The number of primary amides is 1. The van der Waals surface area contributed by atoms with Crippen molar-refractivity contribution < 1.29 is 9.53 Å². The van der Waals surface area contributed by atoms with Crippen molar-refractivity contribution in [3.05, 3.63) is 64.7 Å². The van der Waals surface area contributed by atoms with Crippen LogP contribution in [-0.2, 0) is 6.61 Å². The van der Waals surface area contributed by atoms with E-state index in [1.165, 1.54) is 5.56 Å². The zero-order chi connectivity index (χ0) is 13.8. The second-order valence-electron chi connectivity index (χ2n) is 4.55. The molecule has 0 spiro atoms. The topological polar surface area (TPSA) is 52.3 Å². The Balaban J connectivity index is 2.06. The molecule has 19 heavy (non-hydrogen) atoms. The van der Waals surface area contributed by atoms with Gasteiger partial charge in [0.15, 0.2) is 0 Å². The lowest BCUT2D eigenvalue weighted by atomic mass is 10.1. The number of benzene rings is 2. The van der Waals surface area contributed by atoms with Gasteiger partial charge in [-0.3, -0.25) is 4.79 Å². The molecular formula is C16H17NO2. The number of nitrogens with two attached hydrogens (primary N) is 1. The summed E-state index contributed by atoms with van der Waals surface area (Å²) < 4.78 is 5.79. The molecule has 0 heterocycles. The van der Waals surface area contributed by atoms with E-state index in [0.717, 1.165) is 16.9 Å². The van der Waals surface area contributed by atoms with E-state index in [2.05, 4.69) is 13.0 Å². The molecule has 0 aromatic heterocycles. The second kappa shape index (κ2) is 5.57. The number of ether oxygens (including phenoxy) is 1. The van der Waals surface area contributed by atoms with Crippen LogP contribution in [0.25, 0.3) is 0 Å². The first kappa shape index (κ1) is 13.1. The molecule has 0 saturated carbocycles. The van der Waals surface area contributed by atoms with E-state index in [9.17, 15) is 4.79 Å². The van der Waals surface area contributed by atoms with Gasteiger partial charge in [-0.2, -0.15) is 0 Å². The van der Waals surface area contributed by atoms with Crippen molar-refractivity contribution in [2.24, 2.45) is 5.73 Å². The van der Waals surface area contributed by atoms with Crippen molar-refractivity contribution in [3.8, 4) is 5.75 Å². The van der Waals surface area contributed by atoms with Gasteiger partial charge in [0.2, 0.25) is 5.91 Å².